The molecule has 6 heteroatoms. The number of halogens is 1. The van der Waals surface area contributed by atoms with Crippen molar-refractivity contribution >= 4 is 41.7 Å². The Morgan fingerprint density at radius 3 is 2.57 bits per heavy atom. The molecule has 0 saturated carbocycles. The number of rotatable bonds is 8. The summed E-state index contributed by atoms with van der Waals surface area (Å²) in [7, 11) is 1.85. The fourth-order valence-electron chi connectivity index (χ4n) is 2.54. The van der Waals surface area contributed by atoms with Gasteiger partial charge in [0.05, 0.1) is 0 Å². The summed E-state index contributed by atoms with van der Waals surface area (Å²) in [6, 6.07) is 0. The molecule has 0 aliphatic carbocycles. The average molecular weight is 428 g/mol. The Morgan fingerprint density at radius 1 is 1.29 bits per heavy atom. The van der Waals surface area contributed by atoms with Crippen molar-refractivity contribution < 1.29 is 0 Å². The molecule has 0 aromatic carbocycles. The normalized spacial score (nSPS) is 22.2. The highest BCUT2D eigenvalue weighted by atomic mass is 127. The van der Waals surface area contributed by atoms with Crippen molar-refractivity contribution in [2.75, 3.05) is 45.5 Å². The molecule has 21 heavy (non-hydrogen) atoms. The molecule has 1 aliphatic rings. The first-order valence-electron chi connectivity index (χ1n) is 7.94. The lowest BCUT2D eigenvalue weighted by atomic mass is 10.1. The van der Waals surface area contributed by atoms with Crippen LogP contribution in [0.15, 0.2) is 4.99 Å². The highest BCUT2D eigenvalue weighted by molar-refractivity contribution is 14.0. The van der Waals surface area contributed by atoms with Crippen LogP contribution in [0, 0.1) is 0 Å². The summed E-state index contributed by atoms with van der Waals surface area (Å²) in [6.45, 7) is 12.1. The lowest BCUT2D eigenvalue weighted by Crippen LogP contribution is -2.45. The van der Waals surface area contributed by atoms with E-state index in [-0.39, 0.29) is 24.0 Å². The predicted octanol–water partition coefficient (Wildman–Crippen LogP) is 2.79. The monoisotopic (exact) mass is 428 g/mol. The van der Waals surface area contributed by atoms with Crippen LogP contribution in [-0.2, 0) is 0 Å². The molecule has 1 rings (SSSR count). The van der Waals surface area contributed by atoms with Gasteiger partial charge in [-0.2, -0.15) is 11.8 Å². The zero-order chi connectivity index (χ0) is 14.8. The standard InChI is InChI=1S/C15H32N4S.HI/c1-5-10-19(6-2)11-9-17-14(16-4)18-13-15(3)8-7-12-20-15;/h5-13H2,1-4H3,(H2,16,17,18);1H. The number of nitrogens with zero attached hydrogens (tertiary/aromatic N) is 2. The van der Waals surface area contributed by atoms with Crippen molar-refractivity contribution in [1.82, 2.24) is 15.5 Å². The fourth-order valence-corrected chi connectivity index (χ4v) is 3.79. The van der Waals surface area contributed by atoms with Gasteiger partial charge in [0, 0.05) is 31.4 Å². The highest BCUT2D eigenvalue weighted by Gasteiger charge is 2.29. The minimum absolute atomic E-state index is 0. The van der Waals surface area contributed by atoms with Crippen LogP contribution in [0.2, 0.25) is 0 Å². The molecular weight excluding hydrogens is 395 g/mol. The van der Waals surface area contributed by atoms with Crippen molar-refractivity contribution in [3.63, 3.8) is 0 Å². The molecule has 1 aliphatic heterocycles. The number of likely N-dealkylation sites (N-methyl/N-ethyl adjacent to an activating group) is 1. The van der Waals surface area contributed by atoms with E-state index in [0.717, 1.165) is 32.1 Å². The van der Waals surface area contributed by atoms with Gasteiger partial charge < -0.3 is 15.5 Å². The lowest BCUT2D eigenvalue weighted by Gasteiger charge is -2.25. The topological polar surface area (TPSA) is 39.7 Å². The molecule has 0 bridgehead atoms. The Hall–Kier alpha value is 0.310. The summed E-state index contributed by atoms with van der Waals surface area (Å²) < 4.78 is 0.384. The van der Waals surface area contributed by atoms with Crippen LogP contribution >= 0.6 is 35.7 Å². The second-order valence-electron chi connectivity index (χ2n) is 5.69. The van der Waals surface area contributed by atoms with Crippen LogP contribution in [0.1, 0.15) is 40.0 Å². The summed E-state index contributed by atoms with van der Waals surface area (Å²) in [5.41, 5.74) is 0. The second-order valence-corrected chi connectivity index (χ2v) is 7.37. The first-order valence-corrected chi connectivity index (χ1v) is 8.93. The fraction of sp³-hybridized carbons (Fsp3) is 0.933. The van der Waals surface area contributed by atoms with Gasteiger partial charge in [-0.3, -0.25) is 4.99 Å². The highest BCUT2D eigenvalue weighted by Crippen LogP contribution is 2.36. The maximum Gasteiger partial charge on any atom is 0.191 e. The Balaban J connectivity index is 0.00000400. The Morgan fingerprint density at radius 2 is 2.05 bits per heavy atom. The number of thioether (sulfide) groups is 1. The Labute approximate surface area is 152 Å². The van der Waals surface area contributed by atoms with Crippen LogP contribution in [0.5, 0.6) is 0 Å². The van der Waals surface area contributed by atoms with E-state index in [0.29, 0.717) is 4.75 Å². The Bertz CT molecular complexity index is 293. The van der Waals surface area contributed by atoms with Gasteiger partial charge >= 0.3 is 0 Å². The molecule has 1 unspecified atom stereocenters. The number of guanidine groups is 1. The van der Waals surface area contributed by atoms with Crippen molar-refractivity contribution in [3.8, 4) is 0 Å². The molecule has 0 amide bonds. The molecule has 0 aromatic rings. The molecule has 1 heterocycles. The quantitative estimate of drug-likeness (QED) is 0.354. The van der Waals surface area contributed by atoms with Gasteiger partial charge in [-0.1, -0.05) is 13.8 Å². The average Bonchev–Trinajstić information content (AvgIpc) is 2.88. The summed E-state index contributed by atoms with van der Waals surface area (Å²) in [5, 5.41) is 6.90. The SMILES string of the molecule is CCCN(CC)CCNC(=NC)NCC1(C)CCCS1.I. The molecule has 1 atom stereocenters. The molecular formula is C15H33IN4S. The van der Waals surface area contributed by atoms with Crippen LogP contribution in [0.4, 0.5) is 0 Å². The third-order valence-electron chi connectivity index (χ3n) is 3.86. The summed E-state index contributed by atoms with van der Waals surface area (Å²) in [6.07, 6.45) is 3.87. The Kier molecular flexibility index (Phi) is 12.0. The lowest BCUT2D eigenvalue weighted by molar-refractivity contribution is 0.293. The van der Waals surface area contributed by atoms with E-state index in [1.807, 2.05) is 7.05 Å². The van der Waals surface area contributed by atoms with Crippen LogP contribution in [0.25, 0.3) is 0 Å². The van der Waals surface area contributed by atoms with E-state index in [4.69, 9.17) is 0 Å². The van der Waals surface area contributed by atoms with E-state index in [2.05, 4.69) is 53.1 Å². The molecule has 0 spiro atoms. The van der Waals surface area contributed by atoms with E-state index in [1.165, 1.54) is 31.6 Å². The zero-order valence-corrected chi connectivity index (χ0v) is 17.2. The van der Waals surface area contributed by atoms with Gasteiger partial charge in [-0.25, -0.2) is 0 Å². The summed E-state index contributed by atoms with van der Waals surface area (Å²) >= 11 is 2.08. The molecule has 1 saturated heterocycles. The molecule has 0 radical (unpaired) electrons. The van der Waals surface area contributed by atoms with Crippen molar-refractivity contribution in [2.45, 2.75) is 44.8 Å². The molecule has 0 aromatic heterocycles. The summed E-state index contributed by atoms with van der Waals surface area (Å²) in [5.74, 6) is 2.23. The van der Waals surface area contributed by atoms with Gasteiger partial charge in [0.15, 0.2) is 5.96 Å². The van der Waals surface area contributed by atoms with Crippen molar-refractivity contribution in [2.24, 2.45) is 4.99 Å². The zero-order valence-electron chi connectivity index (χ0n) is 14.1. The smallest absolute Gasteiger partial charge is 0.191 e. The van der Waals surface area contributed by atoms with Gasteiger partial charge in [-0.05, 0) is 45.0 Å². The first-order chi connectivity index (χ1) is 9.63. The maximum absolute atomic E-state index is 4.32. The van der Waals surface area contributed by atoms with E-state index < -0.39 is 0 Å². The molecule has 2 N–H and O–H groups in total. The first kappa shape index (κ1) is 21.3. The second kappa shape index (κ2) is 11.8. The predicted molar refractivity (Wildman–Crippen MR) is 107 cm³/mol. The van der Waals surface area contributed by atoms with Crippen LogP contribution < -0.4 is 10.6 Å². The van der Waals surface area contributed by atoms with Crippen LogP contribution in [-0.4, -0.2) is 61.1 Å². The number of nitrogens with one attached hydrogen (secondary N) is 2. The van der Waals surface area contributed by atoms with E-state index >= 15 is 0 Å². The maximum atomic E-state index is 4.32. The van der Waals surface area contributed by atoms with Gasteiger partial charge in [-0.15, -0.1) is 24.0 Å². The van der Waals surface area contributed by atoms with Gasteiger partial charge in [0.2, 0.25) is 0 Å². The molecule has 126 valence electrons. The summed E-state index contributed by atoms with van der Waals surface area (Å²) in [4.78, 5) is 6.78. The van der Waals surface area contributed by atoms with Crippen LogP contribution in [0.3, 0.4) is 0 Å². The third-order valence-corrected chi connectivity index (χ3v) is 5.40. The number of hydrogen-bond acceptors (Lipinski definition) is 3. The van der Waals surface area contributed by atoms with E-state index in [9.17, 15) is 0 Å². The molecule has 1 fully saturated rings. The minimum Gasteiger partial charge on any atom is -0.355 e. The number of hydrogen-bond donors (Lipinski definition) is 2. The van der Waals surface area contributed by atoms with Crippen molar-refractivity contribution in [3.05, 3.63) is 0 Å². The van der Waals surface area contributed by atoms with Gasteiger partial charge in [0.25, 0.3) is 0 Å². The number of aliphatic imine (C=N–C) groups is 1. The van der Waals surface area contributed by atoms with Gasteiger partial charge in [0.1, 0.15) is 0 Å². The third kappa shape index (κ3) is 8.50. The largest absolute Gasteiger partial charge is 0.355 e. The van der Waals surface area contributed by atoms with E-state index in [1.54, 1.807) is 0 Å². The van der Waals surface area contributed by atoms with Crippen molar-refractivity contribution in [1.29, 1.82) is 0 Å². The minimum atomic E-state index is 0. The molecule has 4 nitrogen and oxygen atoms in total.